The highest BCUT2D eigenvalue weighted by atomic mass is 19.1. The van der Waals surface area contributed by atoms with Gasteiger partial charge in [-0.1, -0.05) is 18.9 Å². The van der Waals surface area contributed by atoms with Gasteiger partial charge in [-0.05, 0) is 30.5 Å². The molecule has 2 aromatic heterocycles. The van der Waals surface area contributed by atoms with Crippen LogP contribution in [-0.2, 0) is 0 Å². The van der Waals surface area contributed by atoms with E-state index >= 15 is 0 Å². The van der Waals surface area contributed by atoms with E-state index in [0.717, 1.165) is 24.1 Å². The van der Waals surface area contributed by atoms with E-state index in [0.29, 0.717) is 17.0 Å². The summed E-state index contributed by atoms with van der Waals surface area (Å²) < 4.78 is 16.0. The van der Waals surface area contributed by atoms with Crippen LogP contribution in [0.25, 0.3) is 22.2 Å². The molecular weight excluding hydrogens is 293 g/mol. The quantitative estimate of drug-likeness (QED) is 0.730. The van der Waals surface area contributed by atoms with E-state index in [1.54, 1.807) is 12.1 Å². The number of nitrogens with one attached hydrogen (secondary N) is 1. The number of hydrogen-bond donors (Lipinski definition) is 1. The molecule has 117 valence electrons. The summed E-state index contributed by atoms with van der Waals surface area (Å²) in [5, 5.41) is 0.670. The molecule has 1 aliphatic carbocycles. The minimum atomic E-state index is -0.451. The fourth-order valence-corrected chi connectivity index (χ4v) is 3.46. The van der Waals surface area contributed by atoms with Gasteiger partial charge in [0, 0.05) is 17.8 Å². The molecule has 1 radical (unpaired) electrons. The van der Waals surface area contributed by atoms with E-state index in [1.165, 1.54) is 25.2 Å². The smallest absolute Gasteiger partial charge is 0.158 e. The van der Waals surface area contributed by atoms with Crippen LogP contribution in [-0.4, -0.2) is 14.5 Å². The molecule has 1 saturated carbocycles. The Balaban J connectivity index is 1.97. The molecule has 1 fully saturated rings. The van der Waals surface area contributed by atoms with Crippen molar-refractivity contribution in [2.45, 2.75) is 31.7 Å². The number of nitrogens with zero attached hydrogens (tertiary/aromatic N) is 3. The van der Waals surface area contributed by atoms with Crippen molar-refractivity contribution in [1.29, 1.82) is 0 Å². The number of nitrogens with two attached hydrogens (primary N) is 1. The predicted octanol–water partition coefficient (Wildman–Crippen LogP) is 3.85. The molecule has 0 bridgehead atoms. The molecule has 0 amide bonds. The van der Waals surface area contributed by atoms with Crippen LogP contribution in [0.3, 0.4) is 0 Å². The first-order valence-electron chi connectivity index (χ1n) is 7.77. The maximum Gasteiger partial charge on any atom is 0.158 e. The maximum atomic E-state index is 13.9. The number of aromatic nitrogens is 3. The Kier molecular flexibility index (Phi) is 3.18. The van der Waals surface area contributed by atoms with Crippen molar-refractivity contribution >= 4 is 22.5 Å². The predicted molar refractivity (Wildman–Crippen MR) is 87.6 cm³/mol. The Morgan fingerprint density at radius 2 is 2.00 bits per heavy atom. The second-order valence-electron chi connectivity index (χ2n) is 6.05. The van der Waals surface area contributed by atoms with Gasteiger partial charge in [0.25, 0.3) is 0 Å². The molecule has 0 aliphatic heterocycles. The molecule has 3 aromatic rings. The lowest BCUT2D eigenvalue weighted by Crippen LogP contribution is -2.03. The molecule has 23 heavy (non-hydrogen) atoms. The number of rotatable bonds is 2. The van der Waals surface area contributed by atoms with E-state index < -0.39 is 5.82 Å². The molecule has 0 spiro atoms. The molecule has 0 saturated heterocycles. The first kappa shape index (κ1) is 14.0. The third-order valence-corrected chi connectivity index (χ3v) is 4.64. The summed E-state index contributed by atoms with van der Waals surface area (Å²) in [7, 11) is 0. The standard InChI is InChI=1S/C17H17FN5/c18-13-7-10(5-6-14(13)19)12-8-23(11-3-1-2-4-11)17-15(12)16(20)21-9-22-17/h5-9,11,20H,1-4,19H2. The topological polar surface area (TPSA) is 80.5 Å². The Morgan fingerprint density at radius 3 is 2.74 bits per heavy atom. The average Bonchev–Trinajstić information content (AvgIpc) is 3.17. The van der Waals surface area contributed by atoms with Gasteiger partial charge < -0.3 is 10.3 Å². The monoisotopic (exact) mass is 310 g/mol. The Bertz CT molecular complexity index is 880. The van der Waals surface area contributed by atoms with E-state index in [9.17, 15) is 4.39 Å². The van der Waals surface area contributed by atoms with Crippen molar-refractivity contribution in [1.82, 2.24) is 20.3 Å². The second-order valence-corrected chi connectivity index (χ2v) is 6.05. The van der Waals surface area contributed by atoms with Gasteiger partial charge in [-0.3, -0.25) is 5.73 Å². The number of hydrogen-bond acceptors (Lipinski definition) is 3. The van der Waals surface area contributed by atoms with Crippen LogP contribution in [0.1, 0.15) is 31.7 Å². The lowest BCUT2D eigenvalue weighted by Gasteiger charge is -2.12. The fraction of sp³-hybridized carbons (Fsp3) is 0.294. The van der Waals surface area contributed by atoms with Crippen molar-refractivity contribution in [3.63, 3.8) is 0 Å². The zero-order valence-corrected chi connectivity index (χ0v) is 12.6. The molecular formula is C17H17FN5. The summed E-state index contributed by atoms with van der Waals surface area (Å²) in [4.78, 5) is 8.38. The van der Waals surface area contributed by atoms with Crippen LogP contribution in [0, 0.1) is 5.82 Å². The molecule has 0 atom stereocenters. The molecule has 5 nitrogen and oxygen atoms in total. The Hall–Kier alpha value is -2.63. The number of fused-ring (bicyclic) bond motifs is 1. The largest absolute Gasteiger partial charge is 0.396 e. The van der Waals surface area contributed by atoms with Gasteiger partial charge in [0.2, 0.25) is 0 Å². The van der Waals surface area contributed by atoms with Crippen LogP contribution in [0.15, 0.2) is 30.7 Å². The third kappa shape index (κ3) is 2.21. The zero-order valence-electron chi connectivity index (χ0n) is 12.6. The first-order chi connectivity index (χ1) is 11.1. The average molecular weight is 310 g/mol. The number of benzene rings is 1. The molecule has 6 heteroatoms. The van der Waals surface area contributed by atoms with Crippen molar-refractivity contribution in [2.24, 2.45) is 0 Å². The van der Waals surface area contributed by atoms with Gasteiger partial charge in [0.05, 0.1) is 11.1 Å². The Morgan fingerprint density at radius 1 is 1.22 bits per heavy atom. The lowest BCUT2D eigenvalue weighted by atomic mass is 10.1. The van der Waals surface area contributed by atoms with Crippen LogP contribution in [0.5, 0.6) is 0 Å². The van der Waals surface area contributed by atoms with Crippen LogP contribution >= 0.6 is 0 Å². The SMILES string of the molecule is [NH]c1ncnc2c1c(-c1ccc(N)c(F)c1)cn2C1CCCC1. The molecule has 0 unspecified atom stereocenters. The first-order valence-corrected chi connectivity index (χ1v) is 7.77. The van der Waals surface area contributed by atoms with E-state index in [4.69, 9.17) is 11.5 Å². The molecule has 3 N–H and O–H groups in total. The highest BCUT2D eigenvalue weighted by Crippen LogP contribution is 2.39. The second kappa shape index (κ2) is 5.22. The van der Waals surface area contributed by atoms with E-state index in [-0.39, 0.29) is 11.5 Å². The van der Waals surface area contributed by atoms with Crippen molar-refractivity contribution in [2.75, 3.05) is 5.73 Å². The number of nitrogen functional groups attached to an aromatic ring is 1. The molecule has 2 heterocycles. The lowest BCUT2D eigenvalue weighted by molar-refractivity contribution is 0.532. The van der Waals surface area contributed by atoms with Gasteiger partial charge >= 0.3 is 0 Å². The number of halogens is 1. The minimum absolute atomic E-state index is 0.121. The minimum Gasteiger partial charge on any atom is -0.396 e. The maximum absolute atomic E-state index is 13.9. The van der Waals surface area contributed by atoms with Gasteiger partial charge in [0.15, 0.2) is 5.82 Å². The highest BCUT2D eigenvalue weighted by molar-refractivity contribution is 6.00. The van der Waals surface area contributed by atoms with Crippen LogP contribution in [0.4, 0.5) is 15.9 Å². The molecule has 1 aliphatic rings. The summed E-state index contributed by atoms with van der Waals surface area (Å²) >= 11 is 0. The molecule has 4 rings (SSSR count). The van der Waals surface area contributed by atoms with Crippen molar-refractivity contribution < 1.29 is 4.39 Å². The Labute approximate surface area is 133 Å². The van der Waals surface area contributed by atoms with E-state index in [2.05, 4.69) is 14.5 Å². The summed E-state index contributed by atoms with van der Waals surface area (Å²) in [6, 6.07) is 5.13. The third-order valence-electron chi connectivity index (χ3n) is 4.64. The van der Waals surface area contributed by atoms with Gasteiger partial charge in [-0.15, -0.1) is 0 Å². The van der Waals surface area contributed by atoms with Crippen LogP contribution in [0.2, 0.25) is 0 Å². The summed E-state index contributed by atoms with van der Waals surface area (Å²) in [5.74, 6) is -0.286. The van der Waals surface area contributed by atoms with Crippen LogP contribution < -0.4 is 11.5 Å². The fourth-order valence-electron chi connectivity index (χ4n) is 3.46. The molecule has 1 aromatic carbocycles. The normalized spacial score (nSPS) is 15.5. The summed E-state index contributed by atoms with van der Waals surface area (Å²) in [6.07, 6.45) is 8.03. The van der Waals surface area contributed by atoms with Gasteiger partial charge in [-0.25, -0.2) is 14.4 Å². The zero-order chi connectivity index (χ0) is 16.0. The summed E-state index contributed by atoms with van der Waals surface area (Å²) in [5.41, 5.74) is 16.1. The highest BCUT2D eigenvalue weighted by Gasteiger charge is 2.23. The van der Waals surface area contributed by atoms with Crippen molar-refractivity contribution in [3.8, 4) is 11.1 Å². The summed E-state index contributed by atoms with van der Waals surface area (Å²) in [6.45, 7) is 0. The van der Waals surface area contributed by atoms with Gasteiger partial charge in [0.1, 0.15) is 17.8 Å². The van der Waals surface area contributed by atoms with E-state index in [1.807, 2.05) is 6.20 Å². The van der Waals surface area contributed by atoms with Gasteiger partial charge in [-0.2, -0.15) is 0 Å². The number of anilines is 1. The van der Waals surface area contributed by atoms with Crippen molar-refractivity contribution in [3.05, 3.63) is 36.5 Å².